The molecule has 1 aromatic heterocycles. The van der Waals surface area contributed by atoms with Crippen molar-refractivity contribution in [1.82, 2.24) is 14.7 Å². The number of amides is 1. The van der Waals surface area contributed by atoms with E-state index in [2.05, 4.69) is 59.7 Å². The molecule has 0 aliphatic carbocycles. The first-order valence-electron chi connectivity index (χ1n) is 9.37. The average molecular weight is 396 g/mol. The fraction of sp³-hybridized carbons (Fsp3) is 0.318. The highest BCUT2D eigenvalue weighted by molar-refractivity contribution is 7.07. The van der Waals surface area contributed by atoms with Gasteiger partial charge in [0.2, 0.25) is 0 Å². The van der Waals surface area contributed by atoms with Crippen LogP contribution in [0.4, 0.5) is 0 Å². The Morgan fingerprint density at radius 2 is 1.89 bits per heavy atom. The Bertz CT molecular complexity index is 935. The zero-order valence-electron chi connectivity index (χ0n) is 16.6. The molecule has 0 aliphatic heterocycles. The fourth-order valence-corrected chi connectivity index (χ4v) is 3.07. The van der Waals surface area contributed by atoms with Gasteiger partial charge >= 0.3 is 0 Å². The molecule has 3 rings (SSSR count). The van der Waals surface area contributed by atoms with Gasteiger partial charge in [-0.3, -0.25) is 4.79 Å². The first kappa shape index (κ1) is 20.0. The molecule has 1 atom stereocenters. The Morgan fingerprint density at radius 3 is 2.61 bits per heavy atom. The van der Waals surface area contributed by atoms with Gasteiger partial charge in [0.25, 0.3) is 11.1 Å². The Kier molecular flexibility index (Phi) is 6.41. The van der Waals surface area contributed by atoms with E-state index in [1.807, 2.05) is 13.0 Å². The van der Waals surface area contributed by atoms with Crippen LogP contribution in [0, 0.1) is 12.8 Å². The van der Waals surface area contributed by atoms with Crippen molar-refractivity contribution in [1.29, 1.82) is 0 Å². The molecule has 1 N–H and O–H groups in total. The van der Waals surface area contributed by atoms with E-state index in [9.17, 15) is 4.79 Å². The van der Waals surface area contributed by atoms with Gasteiger partial charge in [-0.25, -0.2) is 0 Å². The molecule has 6 heteroatoms. The van der Waals surface area contributed by atoms with Gasteiger partial charge < -0.3 is 10.1 Å². The summed E-state index contributed by atoms with van der Waals surface area (Å²) >= 11 is 1.21. The molecule has 146 valence electrons. The van der Waals surface area contributed by atoms with E-state index < -0.39 is 0 Å². The van der Waals surface area contributed by atoms with Crippen LogP contribution >= 0.6 is 11.5 Å². The lowest BCUT2D eigenvalue weighted by Crippen LogP contribution is -2.36. The van der Waals surface area contributed by atoms with Gasteiger partial charge in [-0.1, -0.05) is 49.7 Å². The second kappa shape index (κ2) is 8.97. The van der Waals surface area contributed by atoms with Crippen molar-refractivity contribution < 1.29 is 9.53 Å². The molecule has 0 spiro atoms. The number of nitrogens with one attached hydrogen (secondary N) is 1. The van der Waals surface area contributed by atoms with Crippen LogP contribution in [0.3, 0.4) is 0 Å². The number of rotatable bonds is 7. The van der Waals surface area contributed by atoms with Crippen LogP contribution in [0.2, 0.25) is 0 Å². The first-order chi connectivity index (χ1) is 13.4. The lowest BCUT2D eigenvalue weighted by atomic mass is 10.1. The van der Waals surface area contributed by atoms with Crippen molar-refractivity contribution in [3.05, 3.63) is 71.0 Å². The average Bonchev–Trinajstić information content (AvgIpc) is 3.10. The number of hydrogen-bond acceptors (Lipinski definition) is 5. The molecular weight excluding hydrogens is 370 g/mol. The highest BCUT2D eigenvalue weighted by Crippen LogP contribution is 2.25. The van der Waals surface area contributed by atoms with Gasteiger partial charge in [0, 0.05) is 29.6 Å². The zero-order valence-corrected chi connectivity index (χ0v) is 17.4. The first-order valence-corrected chi connectivity index (χ1v) is 10.1. The molecule has 1 heterocycles. The third kappa shape index (κ3) is 5.39. The zero-order chi connectivity index (χ0) is 20.1. The molecule has 1 unspecified atom stereocenters. The molecule has 0 fully saturated rings. The van der Waals surface area contributed by atoms with E-state index in [1.54, 1.807) is 18.2 Å². The van der Waals surface area contributed by atoms with Crippen molar-refractivity contribution in [2.45, 2.75) is 40.2 Å². The Morgan fingerprint density at radius 1 is 1.14 bits per heavy atom. The minimum atomic E-state index is -0.107. The maximum absolute atomic E-state index is 12.4. The Hall–Kier alpha value is -2.73. The summed E-state index contributed by atoms with van der Waals surface area (Å²) in [5.41, 5.74) is 2.95. The van der Waals surface area contributed by atoms with Crippen LogP contribution < -0.4 is 10.1 Å². The van der Waals surface area contributed by atoms with Crippen LogP contribution in [-0.4, -0.2) is 21.3 Å². The van der Waals surface area contributed by atoms with Crippen LogP contribution in [0.15, 0.2) is 48.5 Å². The third-order valence-electron chi connectivity index (χ3n) is 4.59. The quantitative estimate of drug-likeness (QED) is 0.611. The van der Waals surface area contributed by atoms with E-state index >= 15 is 0 Å². The number of carbonyl (C=O) groups is 1. The summed E-state index contributed by atoms with van der Waals surface area (Å²) in [7, 11) is 0. The predicted molar refractivity (Wildman–Crippen MR) is 112 cm³/mol. The minimum Gasteiger partial charge on any atom is -0.430 e. The number of ether oxygens (including phenoxy) is 1. The molecule has 2 aromatic carbocycles. The van der Waals surface area contributed by atoms with Gasteiger partial charge in [-0.05, 0) is 43.5 Å². The van der Waals surface area contributed by atoms with E-state index in [1.165, 1.54) is 17.1 Å². The number of aryl methyl sites for hydroxylation is 1. The Balaban J connectivity index is 1.65. The predicted octanol–water partition coefficient (Wildman–Crippen LogP) is 5.00. The molecule has 0 saturated heterocycles. The van der Waals surface area contributed by atoms with Crippen LogP contribution in [-0.2, 0) is 6.42 Å². The summed E-state index contributed by atoms with van der Waals surface area (Å²) in [4.78, 5) is 16.9. The smallest absolute Gasteiger partial charge is 0.298 e. The van der Waals surface area contributed by atoms with Crippen molar-refractivity contribution in [2.75, 3.05) is 0 Å². The van der Waals surface area contributed by atoms with Gasteiger partial charge in [-0.15, -0.1) is 0 Å². The summed E-state index contributed by atoms with van der Waals surface area (Å²) in [6.45, 7) is 8.22. The molecule has 3 aromatic rings. The van der Waals surface area contributed by atoms with E-state index in [0.29, 0.717) is 28.8 Å². The summed E-state index contributed by atoms with van der Waals surface area (Å²) in [6.07, 6.45) is 0.662. The third-order valence-corrected chi connectivity index (χ3v) is 5.23. The lowest BCUT2D eigenvalue weighted by Gasteiger charge is -2.17. The highest BCUT2D eigenvalue weighted by Gasteiger charge is 2.14. The molecule has 28 heavy (non-hydrogen) atoms. The number of nitrogens with zero attached hydrogens (tertiary/aromatic N) is 2. The normalized spacial score (nSPS) is 12.0. The maximum atomic E-state index is 12.4. The number of hydrogen-bond donors (Lipinski definition) is 1. The maximum Gasteiger partial charge on any atom is 0.298 e. The summed E-state index contributed by atoms with van der Waals surface area (Å²) in [6, 6.07) is 15.5. The van der Waals surface area contributed by atoms with Gasteiger partial charge in [0.1, 0.15) is 5.75 Å². The van der Waals surface area contributed by atoms with E-state index in [4.69, 9.17) is 4.74 Å². The van der Waals surface area contributed by atoms with Crippen molar-refractivity contribution in [3.63, 3.8) is 0 Å². The van der Waals surface area contributed by atoms with Crippen molar-refractivity contribution in [2.24, 2.45) is 5.92 Å². The van der Waals surface area contributed by atoms with Crippen LogP contribution in [0.25, 0.3) is 0 Å². The number of carbonyl (C=O) groups excluding carboxylic acids is 1. The van der Waals surface area contributed by atoms with Gasteiger partial charge in [0.15, 0.2) is 5.82 Å². The molecule has 0 radical (unpaired) electrons. The van der Waals surface area contributed by atoms with E-state index in [-0.39, 0.29) is 11.9 Å². The van der Waals surface area contributed by atoms with Gasteiger partial charge in [-0.2, -0.15) is 9.36 Å². The second-order valence-corrected chi connectivity index (χ2v) is 7.99. The van der Waals surface area contributed by atoms with Crippen LogP contribution in [0.5, 0.6) is 10.9 Å². The summed E-state index contributed by atoms with van der Waals surface area (Å²) in [5, 5.41) is 3.47. The molecule has 0 bridgehead atoms. The van der Waals surface area contributed by atoms with Crippen molar-refractivity contribution in [3.8, 4) is 10.9 Å². The monoisotopic (exact) mass is 395 g/mol. The summed E-state index contributed by atoms with van der Waals surface area (Å²) in [5.74, 6) is 1.56. The van der Waals surface area contributed by atoms with Gasteiger partial charge in [0.05, 0.1) is 0 Å². The largest absolute Gasteiger partial charge is 0.430 e. The molecular formula is C22H25N3O2S. The van der Waals surface area contributed by atoms with Crippen LogP contribution in [0.1, 0.15) is 48.1 Å². The molecule has 5 nitrogen and oxygen atoms in total. The molecule has 1 amide bonds. The summed E-state index contributed by atoms with van der Waals surface area (Å²) < 4.78 is 10.2. The molecule has 0 saturated carbocycles. The minimum absolute atomic E-state index is 0.101. The SMILES string of the molecule is Cc1ccc(Cc2nsc(Oc3cccc(C(=O)NC(C)C(C)C)c3)n2)cc1. The second-order valence-electron chi connectivity index (χ2n) is 7.27. The topological polar surface area (TPSA) is 64.1 Å². The highest BCUT2D eigenvalue weighted by atomic mass is 32.1. The fourth-order valence-electron chi connectivity index (χ4n) is 2.50. The Labute approximate surface area is 170 Å². The lowest BCUT2D eigenvalue weighted by molar-refractivity contribution is 0.0930. The molecule has 0 aliphatic rings. The standard InChI is InChI=1S/C22H25N3O2S/c1-14(2)16(4)23-21(26)18-6-5-7-19(13-18)27-22-24-20(25-28-22)12-17-10-8-15(3)9-11-17/h5-11,13-14,16H,12H2,1-4H3,(H,23,26). The number of aromatic nitrogens is 2. The number of benzene rings is 2. The van der Waals surface area contributed by atoms with Crippen molar-refractivity contribution >= 4 is 17.4 Å². The van der Waals surface area contributed by atoms with E-state index in [0.717, 1.165) is 11.4 Å².